The fraction of sp³-hybridized carbons (Fsp3) is 0.467. The molecule has 4 N–H and O–H groups in total. The highest BCUT2D eigenvalue weighted by Gasteiger charge is 2.23. The fourth-order valence-electron chi connectivity index (χ4n) is 2.71. The van der Waals surface area contributed by atoms with Crippen molar-refractivity contribution < 1.29 is 19.8 Å². The Kier molecular flexibility index (Phi) is 4.67. The molecule has 0 aromatic heterocycles. The van der Waals surface area contributed by atoms with Gasteiger partial charge in [-0.3, -0.25) is 0 Å². The molecule has 1 aliphatic carbocycles. The standard InChI is InChI=1S/C15H20N2O4/c1-9-3-2-4-10(9)8-16-15(21)17-11-5-6-13(18)12(7-11)14(19)20/h5-7,9-10,18H,2-4,8H2,1H3,(H,19,20)(H2,16,17,21). The van der Waals surface area contributed by atoms with Crippen molar-refractivity contribution >= 4 is 17.7 Å². The van der Waals surface area contributed by atoms with Crippen LogP contribution in [-0.4, -0.2) is 28.8 Å². The molecule has 1 saturated carbocycles. The van der Waals surface area contributed by atoms with Crippen LogP contribution < -0.4 is 10.6 Å². The number of rotatable bonds is 4. The Balaban J connectivity index is 1.90. The Morgan fingerprint density at radius 2 is 2.10 bits per heavy atom. The van der Waals surface area contributed by atoms with E-state index >= 15 is 0 Å². The van der Waals surface area contributed by atoms with E-state index in [1.165, 1.54) is 31.0 Å². The van der Waals surface area contributed by atoms with Crippen LogP contribution in [0, 0.1) is 11.8 Å². The summed E-state index contributed by atoms with van der Waals surface area (Å²) < 4.78 is 0. The average Bonchev–Trinajstić information content (AvgIpc) is 2.84. The van der Waals surface area contributed by atoms with Crippen molar-refractivity contribution in [2.45, 2.75) is 26.2 Å². The summed E-state index contributed by atoms with van der Waals surface area (Å²) in [5.74, 6) is -0.438. The van der Waals surface area contributed by atoms with Crippen LogP contribution >= 0.6 is 0 Å². The normalized spacial score (nSPS) is 21.0. The van der Waals surface area contributed by atoms with Gasteiger partial charge in [-0.1, -0.05) is 19.8 Å². The number of aromatic carboxylic acids is 1. The third-order valence-electron chi connectivity index (χ3n) is 4.05. The van der Waals surface area contributed by atoms with Gasteiger partial charge in [0.05, 0.1) is 0 Å². The SMILES string of the molecule is CC1CCCC1CNC(=O)Nc1ccc(O)c(C(=O)O)c1. The number of hydrogen-bond donors (Lipinski definition) is 4. The minimum absolute atomic E-state index is 0.239. The van der Waals surface area contributed by atoms with Crippen LogP contribution in [0.25, 0.3) is 0 Å². The minimum Gasteiger partial charge on any atom is -0.507 e. The van der Waals surface area contributed by atoms with Crippen molar-refractivity contribution in [3.8, 4) is 5.75 Å². The number of phenols is 1. The van der Waals surface area contributed by atoms with Gasteiger partial charge in [-0.05, 0) is 36.5 Å². The second-order valence-corrected chi connectivity index (χ2v) is 5.54. The maximum atomic E-state index is 11.8. The maximum Gasteiger partial charge on any atom is 0.339 e. The Morgan fingerprint density at radius 1 is 1.33 bits per heavy atom. The van der Waals surface area contributed by atoms with Crippen LogP contribution in [0.3, 0.4) is 0 Å². The van der Waals surface area contributed by atoms with E-state index in [4.69, 9.17) is 5.11 Å². The van der Waals surface area contributed by atoms with Crippen molar-refractivity contribution in [1.82, 2.24) is 5.32 Å². The summed E-state index contributed by atoms with van der Waals surface area (Å²) in [5.41, 5.74) is 0.0967. The highest BCUT2D eigenvalue weighted by molar-refractivity contribution is 5.95. The maximum absolute atomic E-state index is 11.8. The zero-order chi connectivity index (χ0) is 15.4. The lowest BCUT2D eigenvalue weighted by Gasteiger charge is -2.16. The van der Waals surface area contributed by atoms with Crippen LogP contribution in [0.2, 0.25) is 0 Å². The van der Waals surface area contributed by atoms with Gasteiger partial charge in [0, 0.05) is 12.2 Å². The number of anilines is 1. The van der Waals surface area contributed by atoms with Crippen molar-refractivity contribution in [3.63, 3.8) is 0 Å². The van der Waals surface area contributed by atoms with E-state index in [1.807, 2.05) is 0 Å². The zero-order valence-electron chi connectivity index (χ0n) is 11.9. The van der Waals surface area contributed by atoms with Gasteiger partial charge < -0.3 is 20.8 Å². The van der Waals surface area contributed by atoms with Gasteiger partial charge in [0.1, 0.15) is 11.3 Å². The zero-order valence-corrected chi connectivity index (χ0v) is 11.9. The van der Waals surface area contributed by atoms with E-state index in [1.54, 1.807) is 0 Å². The molecule has 6 heteroatoms. The number of aromatic hydroxyl groups is 1. The molecule has 0 aliphatic heterocycles. The molecule has 114 valence electrons. The minimum atomic E-state index is -1.24. The Labute approximate surface area is 123 Å². The largest absolute Gasteiger partial charge is 0.507 e. The van der Waals surface area contributed by atoms with E-state index in [-0.39, 0.29) is 17.3 Å². The third kappa shape index (κ3) is 3.87. The van der Waals surface area contributed by atoms with Gasteiger partial charge in [-0.2, -0.15) is 0 Å². The molecule has 0 spiro atoms. The molecule has 21 heavy (non-hydrogen) atoms. The molecule has 1 aromatic carbocycles. The average molecular weight is 292 g/mol. The second-order valence-electron chi connectivity index (χ2n) is 5.54. The molecule has 6 nitrogen and oxygen atoms in total. The van der Waals surface area contributed by atoms with Crippen LogP contribution in [0.4, 0.5) is 10.5 Å². The smallest absolute Gasteiger partial charge is 0.339 e. The summed E-state index contributed by atoms with van der Waals surface area (Å²) in [6, 6.07) is 3.57. The highest BCUT2D eigenvalue weighted by atomic mass is 16.4. The number of hydrogen-bond acceptors (Lipinski definition) is 3. The number of nitrogens with one attached hydrogen (secondary N) is 2. The van der Waals surface area contributed by atoms with Gasteiger partial charge >= 0.3 is 12.0 Å². The van der Waals surface area contributed by atoms with Crippen LogP contribution in [0.15, 0.2) is 18.2 Å². The number of carboxylic acids is 1. The van der Waals surface area contributed by atoms with Gasteiger partial charge in [0.15, 0.2) is 0 Å². The molecule has 1 aromatic rings. The Hall–Kier alpha value is -2.24. The molecular weight excluding hydrogens is 272 g/mol. The first-order chi connectivity index (χ1) is 9.97. The fourth-order valence-corrected chi connectivity index (χ4v) is 2.71. The summed E-state index contributed by atoms with van der Waals surface area (Å²) in [4.78, 5) is 22.7. The van der Waals surface area contributed by atoms with Gasteiger partial charge in [-0.25, -0.2) is 9.59 Å². The molecule has 0 bridgehead atoms. The monoisotopic (exact) mass is 292 g/mol. The van der Waals surface area contributed by atoms with Crippen molar-refractivity contribution in [1.29, 1.82) is 0 Å². The summed E-state index contributed by atoms with van der Waals surface area (Å²) in [5, 5.41) is 23.7. The predicted molar refractivity (Wildman–Crippen MR) is 78.6 cm³/mol. The molecular formula is C15H20N2O4. The Morgan fingerprint density at radius 3 is 2.71 bits per heavy atom. The summed E-state index contributed by atoms with van der Waals surface area (Å²) >= 11 is 0. The summed E-state index contributed by atoms with van der Waals surface area (Å²) in [7, 11) is 0. The molecule has 2 amide bonds. The number of amides is 2. The van der Waals surface area contributed by atoms with Crippen LogP contribution in [0.1, 0.15) is 36.5 Å². The second kappa shape index (κ2) is 6.47. The highest BCUT2D eigenvalue weighted by Crippen LogP contribution is 2.30. The molecule has 2 rings (SSSR count). The number of carbonyl (C=O) groups is 2. The summed E-state index contributed by atoms with van der Waals surface area (Å²) in [6.07, 6.45) is 3.53. The lowest BCUT2D eigenvalue weighted by atomic mass is 9.98. The number of urea groups is 1. The van der Waals surface area contributed by atoms with Crippen molar-refractivity contribution in [2.24, 2.45) is 11.8 Å². The lowest BCUT2D eigenvalue weighted by molar-refractivity contribution is 0.0693. The van der Waals surface area contributed by atoms with Crippen LogP contribution in [-0.2, 0) is 0 Å². The van der Waals surface area contributed by atoms with E-state index in [0.717, 1.165) is 6.42 Å². The first-order valence-electron chi connectivity index (χ1n) is 7.08. The van der Waals surface area contributed by atoms with Crippen molar-refractivity contribution in [2.75, 3.05) is 11.9 Å². The van der Waals surface area contributed by atoms with Crippen LogP contribution in [0.5, 0.6) is 5.75 Å². The quantitative estimate of drug-likeness (QED) is 0.641. The first kappa shape index (κ1) is 15.2. The molecule has 1 fully saturated rings. The number of benzene rings is 1. The molecule has 2 atom stereocenters. The van der Waals surface area contributed by atoms with Gasteiger partial charge in [0.2, 0.25) is 0 Å². The first-order valence-corrected chi connectivity index (χ1v) is 7.08. The lowest BCUT2D eigenvalue weighted by Crippen LogP contribution is -2.33. The van der Waals surface area contributed by atoms with E-state index in [0.29, 0.717) is 24.1 Å². The number of carboxylic acid groups (broad SMARTS) is 1. The van der Waals surface area contributed by atoms with Crippen molar-refractivity contribution in [3.05, 3.63) is 23.8 Å². The van der Waals surface area contributed by atoms with Gasteiger partial charge in [0.25, 0.3) is 0 Å². The molecule has 0 saturated heterocycles. The molecule has 2 unspecified atom stereocenters. The Bertz CT molecular complexity index is 544. The van der Waals surface area contributed by atoms with Gasteiger partial charge in [-0.15, -0.1) is 0 Å². The van der Waals surface area contributed by atoms with E-state index in [9.17, 15) is 14.7 Å². The summed E-state index contributed by atoms with van der Waals surface area (Å²) in [6.45, 7) is 2.81. The van der Waals surface area contributed by atoms with E-state index in [2.05, 4.69) is 17.6 Å². The predicted octanol–water partition coefficient (Wildman–Crippen LogP) is 2.65. The third-order valence-corrected chi connectivity index (χ3v) is 4.05. The topological polar surface area (TPSA) is 98.7 Å². The van der Waals surface area contributed by atoms with E-state index < -0.39 is 5.97 Å². The molecule has 0 heterocycles. The molecule has 1 aliphatic rings. The molecule has 0 radical (unpaired) electrons. The number of carbonyl (C=O) groups excluding carboxylic acids is 1.